The van der Waals surface area contributed by atoms with Crippen molar-refractivity contribution >= 4 is 28.8 Å². The largest absolute Gasteiger partial charge is 0.389 e. The van der Waals surface area contributed by atoms with Crippen LogP contribution in [-0.4, -0.2) is 78.4 Å². The van der Waals surface area contributed by atoms with Crippen LogP contribution in [-0.2, 0) is 16.0 Å². The fraction of sp³-hybridized carbons (Fsp3) is 0.440. The minimum absolute atomic E-state index is 0.353. The summed E-state index contributed by atoms with van der Waals surface area (Å²) in [5.41, 5.74) is 2.03. The molecule has 4 N–H and O–H groups in total. The van der Waals surface area contributed by atoms with Gasteiger partial charge < -0.3 is 30.6 Å². The number of aliphatic hydroxyl groups is 2. The zero-order valence-corrected chi connectivity index (χ0v) is 20.2. The lowest BCUT2D eigenvalue weighted by molar-refractivity contribution is -0.153. The molecule has 0 aliphatic carbocycles. The lowest BCUT2D eigenvalue weighted by atomic mass is 10.1. The summed E-state index contributed by atoms with van der Waals surface area (Å²) in [4.78, 5) is 29.7. The second-order valence-electron chi connectivity index (χ2n) is 8.32. The standard InChI is InChI=1S/C25H34N4O4S/c1-19(18-21-10-7-17-34-21)26-11-5-6-12-27-24(32)22(30)23(31)25(33)29-15-13-28(14-16-29)20-8-3-2-4-9-20/h2-4,7-10,17,22-23,26,30-31H,1,5-6,11-16,18H2,(H,27,32)/t22-,23-/m1/s1. The zero-order valence-electron chi connectivity index (χ0n) is 19.4. The highest BCUT2D eigenvalue weighted by Crippen LogP contribution is 2.16. The Balaban J connectivity index is 1.30. The number of hydrogen-bond donors (Lipinski definition) is 4. The average molecular weight is 487 g/mol. The SMILES string of the molecule is C=C(Cc1cccs1)NCCCCNC(=O)[C@H](O)[C@@H](O)C(=O)N1CCN(c2ccccc2)CC1. The maximum atomic E-state index is 12.6. The fourth-order valence-electron chi connectivity index (χ4n) is 3.81. The number of nitrogens with one attached hydrogen (secondary N) is 2. The Labute approximate surface area is 204 Å². The van der Waals surface area contributed by atoms with Crippen LogP contribution in [0, 0.1) is 0 Å². The monoisotopic (exact) mass is 486 g/mol. The molecule has 1 saturated heterocycles. The van der Waals surface area contributed by atoms with Crippen LogP contribution in [0.3, 0.4) is 0 Å². The van der Waals surface area contributed by atoms with Gasteiger partial charge in [-0.3, -0.25) is 9.59 Å². The molecule has 2 amide bonds. The van der Waals surface area contributed by atoms with Crippen molar-refractivity contribution in [2.75, 3.05) is 44.2 Å². The highest BCUT2D eigenvalue weighted by molar-refractivity contribution is 7.09. The molecule has 8 nitrogen and oxygen atoms in total. The highest BCUT2D eigenvalue weighted by Gasteiger charge is 2.34. The first-order chi connectivity index (χ1) is 16.5. The Morgan fingerprint density at radius 2 is 1.62 bits per heavy atom. The number of anilines is 1. The molecule has 0 saturated carbocycles. The van der Waals surface area contributed by atoms with E-state index in [-0.39, 0.29) is 0 Å². The topological polar surface area (TPSA) is 105 Å². The molecule has 0 bridgehead atoms. The second kappa shape index (κ2) is 13.1. The molecule has 1 aromatic carbocycles. The number of benzene rings is 1. The van der Waals surface area contributed by atoms with Crippen molar-refractivity contribution < 1.29 is 19.8 Å². The van der Waals surface area contributed by atoms with E-state index < -0.39 is 24.0 Å². The van der Waals surface area contributed by atoms with Crippen LogP contribution in [0.2, 0.25) is 0 Å². The molecular weight excluding hydrogens is 452 g/mol. The van der Waals surface area contributed by atoms with Gasteiger partial charge >= 0.3 is 0 Å². The number of hydrogen-bond acceptors (Lipinski definition) is 7. The average Bonchev–Trinajstić information content (AvgIpc) is 3.38. The summed E-state index contributed by atoms with van der Waals surface area (Å²) in [6.07, 6.45) is -1.25. The van der Waals surface area contributed by atoms with E-state index in [1.165, 1.54) is 9.78 Å². The van der Waals surface area contributed by atoms with Gasteiger partial charge in [0.2, 0.25) is 0 Å². The van der Waals surface area contributed by atoms with Crippen molar-refractivity contribution in [2.45, 2.75) is 31.5 Å². The first-order valence-corrected chi connectivity index (χ1v) is 12.5. The smallest absolute Gasteiger partial charge is 0.254 e. The number of para-hydroxylation sites is 1. The second-order valence-corrected chi connectivity index (χ2v) is 9.35. The lowest BCUT2D eigenvalue weighted by Gasteiger charge is -2.37. The molecule has 0 spiro atoms. The third-order valence-corrected chi connectivity index (χ3v) is 6.66. The van der Waals surface area contributed by atoms with Gasteiger partial charge in [-0.2, -0.15) is 0 Å². The number of unbranched alkanes of at least 4 members (excludes halogenated alkanes) is 1. The van der Waals surface area contributed by atoms with Gasteiger partial charge in [-0.05, 0) is 36.4 Å². The van der Waals surface area contributed by atoms with Gasteiger partial charge in [-0.15, -0.1) is 11.3 Å². The van der Waals surface area contributed by atoms with E-state index in [0.717, 1.165) is 30.8 Å². The Morgan fingerprint density at radius 1 is 0.941 bits per heavy atom. The van der Waals surface area contributed by atoms with Gasteiger partial charge in [0.15, 0.2) is 12.2 Å². The first-order valence-electron chi connectivity index (χ1n) is 11.6. The predicted molar refractivity (Wildman–Crippen MR) is 135 cm³/mol. The van der Waals surface area contributed by atoms with Gasteiger partial charge in [0.25, 0.3) is 11.8 Å². The van der Waals surface area contributed by atoms with Crippen molar-refractivity contribution in [2.24, 2.45) is 0 Å². The predicted octanol–water partition coefficient (Wildman–Crippen LogP) is 1.36. The molecule has 2 aromatic rings. The number of nitrogens with zero attached hydrogens (tertiary/aromatic N) is 2. The molecule has 0 radical (unpaired) electrons. The molecule has 1 aromatic heterocycles. The third kappa shape index (κ3) is 7.58. The maximum Gasteiger partial charge on any atom is 0.254 e. The quantitative estimate of drug-likeness (QED) is 0.338. The van der Waals surface area contributed by atoms with Crippen LogP contribution in [0.25, 0.3) is 0 Å². The molecule has 1 aliphatic rings. The van der Waals surface area contributed by atoms with E-state index in [0.29, 0.717) is 39.1 Å². The number of aliphatic hydroxyl groups excluding tert-OH is 2. The summed E-state index contributed by atoms with van der Waals surface area (Å²) in [5, 5.41) is 28.3. The molecule has 2 atom stereocenters. The van der Waals surface area contributed by atoms with Gasteiger partial charge in [0.1, 0.15) is 0 Å². The Hall–Kier alpha value is -2.88. The Morgan fingerprint density at radius 3 is 2.26 bits per heavy atom. The summed E-state index contributed by atoms with van der Waals surface area (Å²) >= 11 is 1.70. The minimum atomic E-state index is -1.79. The Kier molecular flexibility index (Phi) is 9.93. The molecule has 34 heavy (non-hydrogen) atoms. The molecular formula is C25H34N4O4S. The highest BCUT2D eigenvalue weighted by atomic mass is 32.1. The number of rotatable bonds is 12. The van der Waals surface area contributed by atoms with E-state index in [9.17, 15) is 19.8 Å². The van der Waals surface area contributed by atoms with Crippen LogP contribution in [0.4, 0.5) is 5.69 Å². The lowest BCUT2D eigenvalue weighted by Crippen LogP contribution is -2.55. The van der Waals surface area contributed by atoms with Gasteiger partial charge in [-0.25, -0.2) is 0 Å². The zero-order chi connectivity index (χ0) is 24.3. The summed E-state index contributed by atoms with van der Waals surface area (Å²) in [7, 11) is 0. The molecule has 2 heterocycles. The number of allylic oxidation sites excluding steroid dienone is 1. The molecule has 1 fully saturated rings. The summed E-state index contributed by atoms with van der Waals surface area (Å²) in [6.45, 7) is 7.19. The normalized spacial score (nSPS) is 15.5. The fourth-order valence-corrected chi connectivity index (χ4v) is 4.55. The van der Waals surface area contributed by atoms with Crippen molar-refractivity contribution in [3.63, 3.8) is 0 Å². The summed E-state index contributed by atoms with van der Waals surface area (Å²) in [6, 6.07) is 14.0. The van der Waals surface area contributed by atoms with Crippen LogP contribution < -0.4 is 15.5 Å². The molecule has 184 valence electrons. The molecule has 0 unspecified atom stereocenters. The van der Waals surface area contributed by atoms with Crippen molar-refractivity contribution in [3.8, 4) is 0 Å². The molecule has 9 heteroatoms. The summed E-state index contributed by atoms with van der Waals surface area (Å²) < 4.78 is 0. The molecule has 3 rings (SSSR count). The third-order valence-electron chi connectivity index (χ3n) is 5.78. The number of thiophene rings is 1. The van der Waals surface area contributed by atoms with Crippen molar-refractivity contribution in [3.05, 3.63) is 65.0 Å². The van der Waals surface area contributed by atoms with E-state index in [2.05, 4.69) is 28.2 Å². The molecule has 1 aliphatic heterocycles. The maximum absolute atomic E-state index is 12.6. The number of piperazine rings is 1. The van der Waals surface area contributed by atoms with Gasteiger partial charge in [-0.1, -0.05) is 30.8 Å². The van der Waals surface area contributed by atoms with E-state index >= 15 is 0 Å². The van der Waals surface area contributed by atoms with Crippen LogP contribution in [0.1, 0.15) is 17.7 Å². The summed E-state index contributed by atoms with van der Waals surface area (Å²) in [5.74, 6) is -1.36. The van der Waals surface area contributed by atoms with Crippen molar-refractivity contribution in [1.29, 1.82) is 0 Å². The van der Waals surface area contributed by atoms with Crippen LogP contribution in [0.5, 0.6) is 0 Å². The number of amides is 2. The number of carbonyl (C=O) groups is 2. The van der Waals surface area contributed by atoms with Gasteiger partial charge in [0, 0.05) is 62.0 Å². The van der Waals surface area contributed by atoms with E-state index in [4.69, 9.17) is 0 Å². The Bertz CT molecular complexity index is 914. The van der Waals surface area contributed by atoms with Crippen LogP contribution in [0.15, 0.2) is 60.1 Å². The van der Waals surface area contributed by atoms with E-state index in [1.807, 2.05) is 41.8 Å². The van der Waals surface area contributed by atoms with Crippen molar-refractivity contribution in [1.82, 2.24) is 15.5 Å². The van der Waals surface area contributed by atoms with Crippen LogP contribution >= 0.6 is 11.3 Å². The minimum Gasteiger partial charge on any atom is -0.389 e. The number of carbonyl (C=O) groups excluding carboxylic acids is 2. The van der Waals surface area contributed by atoms with E-state index in [1.54, 1.807) is 11.3 Å². The van der Waals surface area contributed by atoms with Gasteiger partial charge in [0.05, 0.1) is 0 Å². The first kappa shape index (κ1) is 25.7.